The minimum absolute atomic E-state index is 0. The minimum atomic E-state index is 0. The Bertz CT molecular complexity index is 1140. The van der Waals surface area contributed by atoms with Crippen LogP contribution >= 0.6 is 0 Å². The standard InChI is InChI=1S/C17H11.C9H14.2ClH.Zr/c1-2-6-13-11-17-15(9-12(13)5-1)10-14-7-3-4-8-16(14)17;1-7(2)9-5-4-8(3)6-9;;;/h1-11H;4,6-7H,5H2,1-3H3;2*1H;/q-1;;;;+3/p-2. The Morgan fingerprint density at radius 1 is 0.793 bits per heavy atom. The third-order valence-electron chi connectivity index (χ3n) is 5.29. The van der Waals surface area contributed by atoms with E-state index in [-0.39, 0.29) is 51.0 Å². The Kier molecular flexibility index (Phi) is 9.96. The fraction of sp³-hybridized carbons (Fsp3) is 0.192. The van der Waals surface area contributed by atoms with Crippen molar-refractivity contribution < 1.29 is 51.0 Å². The quantitative estimate of drug-likeness (QED) is 0.351. The van der Waals surface area contributed by atoms with Crippen molar-refractivity contribution in [3.05, 3.63) is 90.0 Å². The van der Waals surface area contributed by atoms with Gasteiger partial charge in [-0.25, -0.2) is 0 Å². The molecular weight excluding hydrogens is 474 g/mol. The molecule has 0 nitrogen and oxygen atoms in total. The van der Waals surface area contributed by atoms with E-state index in [4.69, 9.17) is 0 Å². The molecule has 0 aromatic heterocycles. The molecule has 29 heavy (non-hydrogen) atoms. The number of benzene rings is 3. The van der Waals surface area contributed by atoms with Gasteiger partial charge in [-0.05, 0) is 24.6 Å². The van der Waals surface area contributed by atoms with E-state index in [1.807, 2.05) is 0 Å². The molecule has 0 fully saturated rings. The average molecular weight is 500 g/mol. The first-order valence-corrected chi connectivity index (χ1v) is 9.46. The number of hydrogen-bond acceptors (Lipinski definition) is 0. The van der Waals surface area contributed by atoms with Gasteiger partial charge in [0.2, 0.25) is 0 Å². The summed E-state index contributed by atoms with van der Waals surface area (Å²) < 4.78 is 0. The van der Waals surface area contributed by atoms with Crippen molar-refractivity contribution in [2.24, 2.45) is 5.92 Å². The van der Waals surface area contributed by atoms with Gasteiger partial charge in [0.1, 0.15) is 0 Å². The molecule has 0 N–H and O–H groups in total. The van der Waals surface area contributed by atoms with E-state index in [0.29, 0.717) is 0 Å². The van der Waals surface area contributed by atoms with Crippen molar-refractivity contribution >= 4 is 32.3 Å². The molecule has 3 heteroatoms. The topological polar surface area (TPSA) is 0 Å². The number of rotatable bonds is 1. The molecule has 0 saturated heterocycles. The van der Waals surface area contributed by atoms with Gasteiger partial charge in [0.05, 0.1) is 0 Å². The van der Waals surface area contributed by atoms with Crippen molar-refractivity contribution in [1.29, 1.82) is 0 Å². The van der Waals surface area contributed by atoms with E-state index < -0.39 is 0 Å². The molecule has 0 amide bonds. The van der Waals surface area contributed by atoms with Gasteiger partial charge < -0.3 is 24.8 Å². The van der Waals surface area contributed by atoms with Crippen LogP contribution in [0.15, 0.2) is 90.0 Å². The summed E-state index contributed by atoms with van der Waals surface area (Å²) >= 11 is 0. The van der Waals surface area contributed by atoms with Gasteiger partial charge in [-0.15, -0.1) is 39.7 Å². The SMILES string of the molecule is CC1=CCC(C(C)C)=C1.[Cl-].[Cl-].[Zr+3].c1ccc2cc3c(cc2c1)[cH-]c1ccccc13. The van der Waals surface area contributed by atoms with Crippen LogP contribution in [0.1, 0.15) is 27.2 Å². The maximum absolute atomic E-state index is 2.30. The third kappa shape index (κ3) is 5.66. The molecule has 147 valence electrons. The van der Waals surface area contributed by atoms with Crippen LogP contribution in [-0.4, -0.2) is 0 Å². The van der Waals surface area contributed by atoms with Gasteiger partial charge in [-0.3, -0.25) is 0 Å². The fourth-order valence-electron chi connectivity index (χ4n) is 3.74. The summed E-state index contributed by atoms with van der Waals surface area (Å²) in [6, 6.07) is 24.0. The summed E-state index contributed by atoms with van der Waals surface area (Å²) in [6.07, 6.45) is 5.77. The molecule has 0 unspecified atom stereocenters. The van der Waals surface area contributed by atoms with Crippen LogP contribution in [0.5, 0.6) is 0 Å². The Labute approximate surface area is 205 Å². The summed E-state index contributed by atoms with van der Waals surface area (Å²) in [6.45, 7) is 6.66. The van der Waals surface area contributed by atoms with Crippen molar-refractivity contribution in [3.8, 4) is 0 Å². The first-order chi connectivity index (χ1) is 12.6. The van der Waals surface area contributed by atoms with Crippen LogP contribution < -0.4 is 24.8 Å². The molecule has 0 atom stereocenters. The van der Waals surface area contributed by atoms with Gasteiger partial charge in [-0.1, -0.05) is 91.1 Å². The Morgan fingerprint density at radius 2 is 1.41 bits per heavy atom. The predicted octanol–water partition coefficient (Wildman–Crippen LogP) is 1.79. The van der Waals surface area contributed by atoms with Crippen LogP contribution in [0.2, 0.25) is 0 Å². The second-order valence-electron chi connectivity index (χ2n) is 7.54. The maximum Gasteiger partial charge on any atom is 3.00 e. The van der Waals surface area contributed by atoms with E-state index >= 15 is 0 Å². The summed E-state index contributed by atoms with van der Waals surface area (Å²) in [4.78, 5) is 0. The first kappa shape index (κ1) is 25.8. The van der Waals surface area contributed by atoms with Crippen molar-refractivity contribution in [3.63, 3.8) is 0 Å². The van der Waals surface area contributed by atoms with Crippen molar-refractivity contribution in [1.82, 2.24) is 0 Å². The number of hydrogen-bond donors (Lipinski definition) is 0. The summed E-state index contributed by atoms with van der Waals surface area (Å²) in [5.74, 6) is 0.735. The second kappa shape index (κ2) is 11.2. The molecule has 0 bridgehead atoms. The molecule has 0 heterocycles. The van der Waals surface area contributed by atoms with E-state index in [1.165, 1.54) is 44.3 Å². The molecule has 5 rings (SSSR count). The van der Waals surface area contributed by atoms with Gasteiger partial charge >= 0.3 is 26.2 Å². The molecular formula is C26H25Cl2Zr. The molecule has 0 saturated carbocycles. The molecule has 1 aliphatic rings. The monoisotopic (exact) mass is 497 g/mol. The zero-order valence-electron chi connectivity index (χ0n) is 17.0. The van der Waals surface area contributed by atoms with E-state index in [2.05, 4.69) is 99.7 Å². The molecule has 1 aliphatic carbocycles. The minimum Gasteiger partial charge on any atom is -1.00 e. The van der Waals surface area contributed by atoms with E-state index in [1.54, 1.807) is 5.57 Å². The number of halogens is 2. The van der Waals surface area contributed by atoms with Gasteiger partial charge in [0, 0.05) is 0 Å². The van der Waals surface area contributed by atoms with Gasteiger partial charge in [-0.2, -0.15) is 0 Å². The van der Waals surface area contributed by atoms with Crippen LogP contribution in [0, 0.1) is 5.92 Å². The smallest absolute Gasteiger partial charge is 1.00 e. The van der Waals surface area contributed by atoms with Crippen molar-refractivity contribution in [2.45, 2.75) is 27.2 Å². The molecule has 0 aliphatic heterocycles. The number of fused-ring (bicyclic) bond motifs is 4. The molecule has 4 aromatic rings. The molecule has 0 spiro atoms. The summed E-state index contributed by atoms with van der Waals surface area (Å²) in [5.41, 5.74) is 3.01. The van der Waals surface area contributed by atoms with Gasteiger partial charge in [0.25, 0.3) is 0 Å². The Morgan fingerprint density at radius 3 is 2.00 bits per heavy atom. The normalized spacial score (nSPS) is 12.4. The van der Waals surface area contributed by atoms with E-state index in [0.717, 1.165) is 5.92 Å². The van der Waals surface area contributed by atoms with E-state index in [9.17, 15) is 0 Å². The zero-order chi connectivity index (χ0) is 18.1. The second-order valence-corrected chi connectivity index (χ2v) is 7.54. The van der Waals surface area contributed by atoms with Crippen LogP contribution in [0.3, 0.4) is 0 Å². The van der Waals surface area contributed by atoms with Crippen LogP contribution in [-0.2, 0) is 26.2 Å². The average Bonchev–Trinajstić information content (AvgIpc) is 3.24. The number of allylic oxidation sites excluding steroid dienone is 4. The maximum atomic E-state index is 2.30. The molecule has 4 aromatic carbocycles. The largest absolute Gasteiger partial charge is 3.00 e. The summed E-state index contributed by atoms with van der Waals surface area (Å²) in [7, 11) is 0. The predicted molar refractivity (Wildman–Crippen MR) is 116 cm³/mol. The van der Waals surface area contributed by atoms with Gasteiger partial charge in [0.15, 0.2) is 0 Å². The Hall–Kier alpha value is -1.27. The summed E-state index contributed by atoms with van der Waals surface area (Å²) in [5, 5.41) is 8.02. The zero-order valence-corrected chi connectivity index (χ0v) is 21.0. The van der Waals surface area contributed by atoms with Crippen LogP contribution in [0.25, 0.3) is 32.3 Å². The van der Waals surface area contributed by atoms with Crippen molar-refractivity contribution in [2.75, 3.05) is 0 Å². The van der Waals surface area contributed by atoms with Crippen LogP contribution in [0.4, 0.5) is 0 Å². The first-order valence-electron chi connectivity index (χ1n) is 9.46. The third-order valence-corrected chi connectivity index (χ3v) is 5.29. The molecule has 1 radical (unpaired) electrons. The Balaban J connectivity index is 0.000000307. The fourth-order valence-corrected chi connectivity index (χ4v) is 3.74.